The summed E-state index contributed by atoms with van der Waals surface area (Å²) in [6, 6.07) is 9.66. The summed E-state index contributed by atoms with van der Waals surface area (Å²) in [6.45, 7) is 6.25. The molecule has 4 aliphatic rings. The van der Waals surface area contributed by atoms with Gasteiger partial charge in [-0.2, -0.15) is 0 Å². The standard InChI is InChI=1S/C27H37N3O2S/c1-27(2,3)30-33(31,32)24-5-4-21(26(16-24)29-17-18-6-8-28-9-7-18)15-25-22-11-19-10-20(13-22)14-23(25)12-19/h4-9,16,19-20,22-23,25,29-30H,10-15,17H2,1-3H3. The number of sulfonamides is 1. The smallest absolute Gasteiger partial charge is 0.241 e. The van der Waals surface area contributed by atoms with Gasteiger partial charge in [0, 0.05) is 30.2 Å². The van der Waals surface area contributed by atoms with Gasteiger partial charge in [0.25, 0.3) is 0 Å². The third-order valence-corrected chi connectivity index (χ3v) is 9.70. The lowest BCUT2D eigenvalue weighted by molar-refractivity contribution is -0.0359. The second-order valence-corrected chi connectivity index (χ2v) is 13.4. The maximum absolute atomic E-state index is 13.0. The van der Waals surface area contributed by atoms with Gasteiger partial charge in [-0.15, -0.1) is 0 Å². The molecule has 6 heteroatoms. The number of aromatic nitrogens is 1. The maximum Gasteiger partial charge on any atom is 0.241 e. The first-order chi connectivity index (χ1) is 15.7. The summed E-state index contributed by atoms with van der Waals surface area (Å²) in [4.78, 5) is 4.43. The van der Waals surface area contributed by atoms with Crippen molar-refractivity contribution in [2.24, 2.45) is 29.6 Å². The van der Waals surface area contributed by atoms with E-state index in [2.05, 4.69) is 21.1 Å². The summed E-state index contributed by atoms with van der Waals surface area (Å²) < 4.78 is 28.8. The van der Waals surface area contributed by atoms with Crippen LogP contribution in [0.2, 0.25) is 0 Å². The van der Waals surface area contributed by atoms with E-state index in [0.29, 0.717) is 11.4 Å². The van der Waals surface area contributed by atoms with Gasteiger partial charge in [0.2, 0.25) is 10.0 Å². The lowest BCUT2D eigenvalue weighted by Gasteiger charge is -2.54. The summed E-state index contributed by atoms with van der Waals surface area (Å²) in [6.07, 6.45) is 11.7. The van der Waals surface area contributed by atoms with Crippen molar-refractivity contribution < 1.29 is 8.42 Å². The van der Waals surface area contributed by atoms with Crippen LogP contribution in [-0.4, -0.2) is 18.9 Å². The third-order valence-electron chi connectivity index (χ3n) is 7.94. The van der Waals surface area contributed by atoms with Gasteiger partial charge in [-0.25, -0.2) is 13.1 Å². The molecule has 178 valence electrons. The van der Waals surface area contributed by atoms with E-state index < -0.39 is 15.6 Å². The number of hydrogen-bond donors (Lipinski definition) is 2. The zero-order chi connectivity index (χ0) is 23.2. The molecule has 0 radical (unpaired) electrons. The zero-order valence-corrected chi connectivity index (χ0v) is 20.9. The first-order valence-electron chi connectivity index (χ1n) is 12.5. The molecule has 0 aliphatic heterocycles. The minimum atomic E-state index is -3.59. The summed E-state index contributed by atoms with van der Waals surface area (Å²) in [7, 11) is -3.59. The van der Waals surface area contributed by atoms with Crippen molar-refractivity contribution >= 4 is 15.7 Å². The van der Waals surface area contributed by atoms with E-state index in [1.807, 2.05) is 39.0 Å². The summed E-state index contributed by atoms with van der Waals surface area (Å²) in [5, 5.41) is 3.56. The van der Waals surface area contributed by atoms with Crippen LogP contribution in [0.5, 0.6) is 0 Å². The number of rotatable bonds is 7. The molecule has 2 N–H and O–H groups in total. The van der Waals surface area contributed by atoms with Gasteiger partial charge in [0.15, 0.2) is 0 Å². The molecule has 0 unspecified atom stereocenters. The van der Waals surface area contributed by atoms with Crippen LogP contribution in [0.1, 0.15) is 64.0 Å². The topological polar surface area (TPSA) is 71.1 Å². The molecule has 4 bridgehead atoms. The fourth-order valence-electron chi connectivity index (χ4n) is 6.85. The zero-order valence-electron chi connectivity index (χ0n) is 20.0. The number of nitrogens with zero attached hydrogens (tertiary/aromatic N) is 1. The van der Waals surface area contributed by atoms with Gasteiger partial charge < -0.3 is 5.32 Å². The molecule has 0 saturated heterocycles. The van der Waals surface area contributed by atoms with Crippen LogP contribution in [0.25, 0.3) is 0 Å². The summed E-state index contributed by atoms with van der Waals surface area (Å²) in [5.41, 5.74) is 2.79. The van der Waals surface area contributed by atoms with Gasteiger partial charge in [0.05, 0.1) is 4.90 Å². The molecule has 2 aromatic rings. The van der Waals surface area contributed by atoms with Gasteiger partial charge in [0.1, 0.15) is 0 Å². The molecule has 1 aromatic carbocycles. The Labute approximate surface area is 198 Å². The molecule has 6 rings (SSSR count). The number of hydrogen-bond acceptors (Lipinski definition) is 4. The second-order valence-electron chi connectivity index (χ2n) is 11.7. The molecule has 4 fully saturated rings. The molecule has 0 amide bonds. The lowest BCUT2D eigenvalue weighted by Crippen LogP contribution is -2.45. The third kappa shape index (κ3) is 5.12. The normalized spacial score (nSPS) is 28.8. The van der Waals surface area contributed by atoms with Gasteiger partial charge in [-0.3, -0.25) is 4.98 Å². The molecule has 4 saturated carbocycles. The highest BCUT2D eigenvalue weighted by Gasteiger charge is 2.48. The monoisotopic (exact) mass is 467 g/mol. The molecule has 0 spiro atoms. The van der Waals surface area contributed by atoms with Crippen molar-refractivity contribution in [3.05, 3.63) is 53.9 Å². The Morgan fingerprint density at radius 2 is 1.58 bits per heavy atom. The van der Waals surface area contributed by atoms with Crippen molar-refractivity contribution in [3.8, 4) is 0 Å². The fraction of sp³-hybridized carbons (Fsp3) is 0.593. The predicted octanol–water partition coefficient (Wildman–Crippen LogP) is 5.39. The van der Waals surface area contributed by atoms with Crippen molar-refractivity contribution in [1.29, 1.82) is 0 Å². The predicted molar refractivity (Wildman–Crippen MR) is 132 cm³/mol. The van der Waals surface area contributed by atoms with Crippen LogP contribution in [0, 0.1) is 29.6 Å². The van der Waals surface area contributed by atoms with Crippen LogP contribution >= 0.6 is 0 Å². The van der Waals surface area contributed by atoms with E-state index in [1.165, 1.54) is 37.7 Å². The summed E-state index contributed by atoms with van der Waals surface area (Å²) in [5.74, 6) is 4.35. The number of benzene rings is 1. The Kier molecular flexibility index (Phi) is 6.02. The largest absolute Gasteiger partial charge is 0.381 e. The van der Waals surface area contributed by atoms with E-state index in [9.17, 15) is 8.42 Å². The fourth-order valence-corrected chi connectivity index (χ4v) is 8.29. The van der Waals surface area contributed by atoms with Crippen molar-refractivity contribution in [1.82, 2.24) is 9.71 Å². The van der Waals surface area contributed by atoms with Gasteiger partial charge >= 0.3 is 0 Å². The molecule has 33 heavy (non-hydrogen) atoms. The van der Waals surface area contributed by atoms with E-state index in [0.717, 1.165) is 47.3 Å². The molecule has 1 aromatic heterocycles. The first kappa shape index (κ1) is 22.9. The molecule has 5 nitrogen and oxygen atoms in total. The van der Waals surface area contributed by atoms with E-state index in [1.54, 1.807) is 18.5 Å². The highest BCUT2D eigenvalue weighted by atomic mass is 32.2. The van der Waals surface area contributed by atoms with Crippen molar-refractivity contribution in [2.75, 3.05) is 5.32 Å². The Hall–Kier alpha value is -1.92. The Morgan fingerprint density at radius 1 is 0.939 bits per heavy atom. The van der Waals surface area contributed by atoms with Crippen LogP contribution in [0.3, 0.4) is 0 Å². The average Bonchev–Trinajstić information content (AvgIpc) is 2.74. The lowest BCUT2D eigenvalue weighted by atomic mass is 9.51. The highest BCUT2D eigenvalue weighted by molar-refractivity contribution is 7.89. The molecule has 0 atom stereocenters. The maximum atomic E-state index is 13.0. The SMILES string of the molecule is CC(C)(C)NS(=O)(=O)c1ccc(CC2C3CC4CC(C3)CC2C4)c(NCc2ccncc2)c1. The quantitative estimate of drug-likeness (QED) is 0.573. The number of anilines is 1. The molecular weight excluding hydrogens is 430 g/mol. The number of pyridine rings is 1. The Balaban J connectivity index is 1.42. The Bertz CT molecular complexity index is 1060. The molecular formula is C27H37N3O2S. The minimum Gasteiger partial charge on any atom is -0.381 e. The highest BCUT2D eigenvalue weighted by Crippen LogP contribution is 2.57. The van der Waals surface area contributed by atoms with E-state index >= 15 is 0 Å². The number of nitrogens with one attached hydrogen (secondary N) is 2. The van der Waals surface area contributed by atoms with Crippen LogP contribution in [0.4, 0.5) is 5.69 Å². The van der Waals surface area contributed by atoms with Crippen LogP contribution < -0.4 is 10.0 Å². The molecule has 1 heterocycles. The minimum absolute atomic E-state index is 0.323. The summed E-state index contributed by atoms with van der Waals surface area (Å²) >= 11 is 0. The second kappa shape index (κ2) is 8.70. The van der Waals surface area contributed by atoms with Crippen molar-refractivity contribution in [3.63, 3.8) is 0 Å². The van der Waals surface area contributed by atoms with Gasteiger partial charge in [-0.05, 0) is 124 Å². The first-order valence-corrected chi connectivity index (χ1v) is 13.9. The average molecular weight is 468 g/mol. The van der Waals surface area contributed by atoms with E-state index in [-0.39, 0.29) is 0 Å². The van der Waals surface area contributed by atoms with Crippen LogP contribution in [0.15, 0.2) is 47.6 Å². The van der Waals surface area contributed by atoms with Gasteiger partial charge in [-0.1, -0.05) is 6.07 Å². The van der Waals surface area contributed by atoms with E-state index in [4.69, 9.17) is 0 Å². The Morgan fingerprint density at radius 3 is 2.18 bits per heavy atom. The van der Waals surface area contributed by atoms with Crippen LogP contribution in [-0.2, 0) is 23.0 Å². The molecule has 4 aliphatic carbocycles. The van der Waals surface area contributed by atoms with Crippen molar-refractivity contribution in [2.45, 2.75) is 76.3 Å².